The highest BCUT2D eigenvalue weighted by molar-refractivity contribution is 8.01. The van der Waals surface area contributed by atoms with Crippen LogP contribution in [0.15, 0.2) is 47.4 Å². The van der Waals surface area contributed by atoms with E-state index in [1.54, 1.807) is 41.4 Å². The molecule has 1 aliphatic heterocycles. The van der Waals surface area contributed by atoms with Crippen LogP contribution in [-0.2, 0) is 10.0 Å². The van der Waals surface area contributed by atoms with Gasteiger partial charge in [0.1, 0.15) is 21.7 Å². The summed E-state index contributed by atoms with van der Waals surface area (Å²) in [7, 11) is -2.05. The Bertz CT molecular complexity index is 1000. The van der Waals surface area contributed by atoms with Gasteiger partial charge < -0.3 is 4.74 Å². The zero-order valence-corrected chi connectivity index (χ0v) is 15.8. The third-order valence-electron chi connectivity index (χ3n) is 4.09. The average molecular weight is 394 g/mol. The Morgan fingerprint density at radius 1 is 1.16 bits per heavy atom. The van der Waals surface area contributed by atoms with Crippen LogP contribution in [0.2, 0.25) is 0 Å². The van der Waals surface area contributed by atoms with Crippen LogP contribution in [0.4, 0.5) is 0 Å². The summed E-state index contributed by atoms with van der Waals surface area (Å²) in [6, 6.07) is 12.6. The summed E-state index contributed by atoms with van der Waals surface area (Å²) >= 11 is 2.64. The van der Waals surface area contributed by atoms with E-state index < -0.39 is 10.0 Å². The smallest absolute Gasteiger partial charge is 0.246 e. The second kappa shape index (κ2) is 6.56. The molecule has 0 amide bonds. The highest BCUT2D eigenvalue weighted by Gasteiger charge is 2.38. The summed E-state index contributed by atoms with van der Waals surface area (Å²) < 4.78 is 41.6. The number of aromatic nitrogens is 2. The lowest BCUT2D eigenvalue weighted by molar-refractivity contribution is 0.413. The molecule has 2 heterocycles. The van der Waals surface area contributed by atoms with Crippen molar-refractivity contribution in [2.24, 2.45) is 0 Å². The minimum atomic E-state index is -3.66. The zero-order valence-electron chi connectivity index (χ0n) is 13.3. The summed E-state index contributed by atoms with van der Waals surface area (Å²) in [5.74, 6) is 1.50. The van der Waals surface area contributed by atoms with Gasteiger partial charge in [0, 0.05) is 12.3 Å². The van der Waals surface area contributed by atoms with E-state index in [1.165, 1.54) is 0 Å². The van der Waals surface area contributed by atoms with Gasteiger partial charge in [0.05, 0.1) is 24.2 Å². The highest BCUT2D eigenvalue weighted by Crippen LogP contribution is 2.42. The summed E-state index contributed by atoms with van der Waals surface area (Å²) in [5.41, 5.74) is 1.99. The Labute approximate surface area is 154 Å². The SMILES string of the molecule is COc1ccc([C@H]2SCCN2S(=O)(=O)c2cccc3nsnc23)cc1. The minimum absolute atomic E-state index is 0.222. The monoisotopic (exact) mass is 393 g/mol. The fourth-order valence-electron chi connectivity index (χ4n) is 2.85. The first-order valence-electron chi connectivity index (χ1n) is 7.60. The maximum absolute atomic E-state index is 13.3. The van der Waals surface area contributed by atoms with Crippen molar-refractivity contribution in [3.63, 3.8) is 0 Å². The average Bonchev–Trinajstić information content (AvgIpc) is 3.30. The number of hydrogen-bond acceptors (Lipinski definition) is 7. The van der Waals surface area contributed by atoms with Crippen molar-refractivity contribution in [3.05, 3.63) is 48.0 Å². The van der Waals surface area contributed by atoms with Crippen molar-refractivity contribution in [1.82, 2.24) is 13.1 Å². The predicted octanol–water partition coefficient (Wildman–Crippen LogP) is 3.14. The Balaban J connectivity index is 1.74. The van der Waals surface area contributed by atoms with Crippen LogP contribution < -0.4 is 4.74 Å². The van der Waals surface area contributed by atoms with E-state index in [4.69, 9.17) is 4.74 Å². The number of ether oxygens (including phenoxy) is 1. The van der Waals surface area contributed by atoms with Crippen LogP contribution in [0.3, 0.4) is 0 Å². The number of methoxy groups -OCH3 is 1. The Morgan fingerprint density at radius 2 is 1.96 bits per heavy atom. The molecule has 0 unspecified atom stereocenters. The molecule has 0 N–H and O–H groups in total. The molecule has 0 bridgehead atoms. The van der Waals surface area contributed by atoms with E-state index in [2.05, 4.69) is 8.75 Å². The van der Waals surface area contributed by atoms with Gasteiger partial charge >= 0.3 is 0 Å². The number of fused-ring (bicyclic) bond motifs is 1. The lowest BCUT2D eigenvalue weighted by atomic mass is 10.2. The number of sulfonamides is 1. The topological polar surface area (TPSA) is 72.4 Å². The van der Waals surface area contributed by atoms with E-state index >= 15 is 0 Å². The van der Waals surface area contributed by atoms with E-state index in [1.807, 2.05) is 24.3 Å². The van der Waals surface area contributed by atoms with Crippen LogP contribution in [0.1, 0.15) is 10.9 Å². The first-order valence-corrected chi connectivity index (χ1v) is 10.8. The van der Waals surface area contributed by atoms with Crippen LogP contribution in [0.5, 0.6) is 5.75 Å². The zero-order chi connectivity index (χ0) is 17.4. The molecular formula is C16H15N3O3S3. The van der Waals surface area contributed by atoms with Gasteiger partial charge in [0.15, 0.2) is 0 Å². The van der Waals surface area contributed by atoms with Gasteiger partial charge in [-0.25, -0.2) is 8.42 Å². The molecule has 1 fully saturated rings. The lowest BCUT2D eigenvalue weighted by Crippen LogP contribution is -2.30. The maximum Gasteiger partial charge on any atom is 0.246 e. The third-order valence-corrected chi connectivity index (χ3v) is 7.92. The fraction of sp³-hybridized carbons (Fsp3) is 0.250. The Kier molecular flexibility index (Phi) is 4.40. The van der Waals surface area contributed by atoms with Crippen molar-refractivity contribution < 1.29 is 13.2 Å². The summed E-state index contributed by atoms with van der Waals surface area (Å²) in [6.45, 7) is 0.470. The second-order valence-corrected chi connectivity index (χ2v) is 9.08. The summed E-state index contributed by atoms with van der Waals surface area (Å²) in [6.07, 6.45) is 0. The number of rotatable bonds is 4. The van der Waals surface area contributed by atoms with Gasteiger partial charge in [-0.05, 0) is 29.8 Å². The van der Waals surface area contributed by atoms with Gasteiger partial charge in [-0.15, -0.1) is 11.8 Å². The molecule has 130 valence electrons. The Hall–Kier alpha value is -1.68. The fourth-order valence-corrected chi connectivity index (χ4v) is 6.84. The van der Waals surface area contributed by atoms with Gasteiger partial charge in [-0.3, -0.25) is 0 Å². The second-order valence-electron chi connectivity index (χ2n) is 5.50. The van der Waals surface area contributed by atoms with Crippen molar-refractivity contribution in [2.45, 2.75) is 10.3 Å². The standard InChI is InChI=1S/C16H15N3O3S3/c1-22-12-7-5-11(6-8-12)16-19(9-10-23-16)25(20,21)14-4-2-3-13-15(14)18-24-17-13/h2-8,16H,9-10H2,1H3/t16-/m1/s1. The molecule has 0 saturated carbocycles. The third kappa shape index (κ3) is 2.91. The molecule has 1 aliphatic rings. The highest BCUT2D eigenvalue weighted by atomic mass is 32.2. The van der Waals surface area contributed by atoms with Crippen molar-refractivity contribution in [1.29, 1.82) is 0 Å². The van der Waals surface area contributed by atoms with Gasteiger partial charge in [-0.1, -0.05) is 18.2 Å². The Morgan fingerprint density at radius 3 is 2.72 bits per heavy atom. The molecule has 1 aromatic heterocycles. The molecule has 1 atom stereocenters. The van der Waals surface area contributed by atoms with E-state index in [9.17, 15) is 8.42 Å². The van der Waals surface area contributed by atoms with E-state index in [0.29, 0.717) is 17.6 Å². The molecule has 2 aromatic carbocycles. The van der Waals surface area contributed by atoms with Gasteiger partial charge in [0.2, 0.25) is 10.0 Å². The molecule has 6 nitrogen and oxygen atoms in total. The lowest BCUT2D eigenvalue weighted by Gasteiger charge is -2.23. The molecule has 0 spiro atoms. The van der Waals surface area contributed by atoms with E-state index in [-0.39, 0.29) is 10.3 Å². The quantitative estimate of drug-likeness (QED) is 0.678. The molecule has 9 heteroatoms. The van der Waals surface area contributed by atoms with E-state index in [0.717, 1.165) is 28.8 Å². The first-order chi connectivity index (χ1) is 12.1. The summed E-state index contributed by atoms with van der Waals surface area (Å²) in [4.78, 5) is 0.222. The largest absolute Gasteiger partial charge is 0.497 e. The number of nitrogens with zero attached hydrogens (tertiary/aromatic N) is 3. The number of benzene rings is 2. The first kappa shape index (κ1) is 16.8. The van der Waals surface area contributed by atoms with Crippen LogP contribution in [0, 0.1) is 0 Å². The van der Waals surface area contributed by atoms with Crippen LogP contribution in [0.25, 0.3) is 11.0 Å². The molecule has 25 heavy (non-hydrogen) atoms. The van der Waals surface area contributed by atoms with Crippen LogP contribution in [-0.4, -0.2) is 40.9 Å². The van der Waals surface area contributed by atoms with Crippen molar-refractivity contribution >= 4 is 44.5 Å². The van der Waals surface area contributed by atoms with Crippen molar-refractivity contribution in [2.75, 3.05) is 19.4 Å². The van der Waals surface area contributed by atoms with Crippen molar-refractivity contribution in [3.8, 4) is 5.75 Å². The number of thioether (sulfide) groups is 1. The minimum Gasteiger partial charge on any atom is -0.497 e. The normalized spacial score (nSPS) is 18.7. The van der Waals surface area contributed by atoms with Gasteiger partial charge in [0.25, 0.3) is 0 Å². The molecule has 1 saturated heterocycles. The maximum atomic E-state index is 13.3. The van der Waals surface area contributed by atoms with Gasteiger partial charge in [-0.2, -0.15) is 13.1 Å². The number of hydrogen-bond donors (Lipinski definition) is 0. The molecule has 3 aromatic rings. The molecule has 4 rings (SSSR count). The molecule has 0 aliphatic carbocycles. The predicted molar refractivity (Wildman–Crippen MR) is 99.5 cm³/mol. The van der Waals surface area contributed by atoms with Crippen LogP contribution >= 0.6 is 23.5 Å². The molecule has 0 radical (unpaired) electrons. The summed E-state index contributed by atoms with van der Waals surface area (Å²) in [5, 5.41) is -0.252. The molecular weight excluding hydrogens is 378 g/mol.